The number of para-hydroxylation sites is 1. The highest BCUT2D eigenvalue weighted by Crippen LogP contribution is 2.25. The van der Waals surface area contributed by atoms with E-state index < -0.39 is 6.10 Å². The van der Waals surface area contributed by atoms with E-state index in [2.05, 4.69) is 5.32 Å². The third kappa shape index (κ3) is 3.39. The molecular formula is C23H23N3O3. The van der Waals surface area contributed by atoms with Crippen LogP contribution in [-0.2, 0) is 24.2 Å². The molecule has 2 aliphatic rings. The van der Waals surface area contributed by atoms with Crippen molar-refractivity contribution in [3.8, 4) is 5.75 Å². The zero-order valence-electron chi connectivity index (χ0n) is 16.2. The Labute approximate surface area is 168 Å². The van der Waals surface area contributed by atoms with Crippen LogP contribution in [0.1, 0.15) is 37.1 Å². The van der Waals surface area contributed by atoms with Crippen molar-refractivity contribution >= 4 is 22.5 Å². The van der Waals surface area contributed by atoms with Gasteiger partial charge in [-0.2, -0.15) is 0 Å². The van der Waals surface area contributed by atoms with E-state index in [0.717, 1.165) is 49.2 Å². The number of nitrogens with zero attached hydrogens (tertiary/aromatic N) is 2. The van der Waals surface area contributed by atoms with Crippen molar-refractivity contribution in [3.63, 3.8) is 0 Å². The van der Waals surface area contributed by atoms with Gasteiger partial charge in [0.2, 0.25) is 0 Å². The lowest BCUT2D eigenvalue weighted by molar-refractivity contribution is -0.122. The van der Waals surface area contributed by atoms with Gasteiger partial charge in [0.25, 0.3) is 11.5 Å². The number of rotatable bonds is 2. The van der Waals surface area contributed by atoms with Gasteiger partial charge >= 0.3 is 0 Å². The van der Waals surface area contributed by atoms with E-state index >= 15 is 0 Å². The van der Waals surface area contributed by atoms with Crippen molar-refractivity contribution in [2.45, 2.75) is 51.2 Å². The summed E-state index contributed by atoms with van der Waals surface area (Å²) in [5.74, 6) is 1.23. The van der Waals surface area contributed by atoms with Crippen LogP contribution in [0.3, 0.4) is 0 Å². The molecule has 5 rings (SSSR count). The number of nitrogens with one attached hydrogen (secondary N) is 1. The van der Waals surface area contributed by atoms with Gasteiger partial charge in [0.15, 0.2) is 6.10 Å². The summed E-state index contributed by atoms with van der Waals surface area (Å²) in [5, 5.41) is 3.49. The summed E-state index contributed by atoms with van der Waals surface area (Å²) in [5.41, 5.74) is 2.62. The molecule has 0 unspecified atom stereocenters. The molecule has 0 fully saturated rings. The Kier molecular flexibility index (Phi) is 4.54. The van der Waals surface area contributed by atoms with Gasteiger partial charge in [0.05, 0.1) is 10.9 Å². The topological polar surface area (TPSA) is 73.2 Å². The van der Waals surface area contributed by atoms with Gasteiger partial charge < -0.3 is 10.1 Å². The lowest BCUT2D eigenvalue weighted by Gasteiger charge is -2.17. The van der Waals surface area contributed by atoms with Gasteiger partial charge in [0, 0.05) is 18.7 Å². The third-order valence-corrected chi connectivity index (χ3v) is 5.81. The number of amides is 1. The SMILES string of the molecule is O=C1Nc2ccccc2CC[C@@H]1Oc1ccc2nc3n(c(=O)c2c1)CCCCC3. The van der Waals surface area contributed by atoms with Crippen LogP contribution in [0.25, 0.3) is 10.9 Å². The summed E-state index contributed by atoms with van der Waals surface area (Å²) in [6, 6.07) is 13.2. The first-order valence-electron chi connectivity index (χ1n) is 10.3. The molecule has 6 nitrogen and oxygen atoms in total. The maximum atomic E-state index is 13.0. The largest absolute Gasteiger partial charge is 0.481 e. The van der Waals surface area contributed by atoms with Crippen molar-refractivity contribution in [2.75, 3.05) is 5.32 Å². The summed E-state index contributed by atoms with van der Waals surface area (Å²) >= 11 is 0. The van der Waals surface area contributed by atoms with E-state index in [1.165, 1.54) is 0 Å². The summed E-state index contributed by atoms with van der Waals surface area (Å²) < 4.78 is 7.82. The highest BCUT2D eigenvalue weighted by molar-refractivity contribution is 5.96. The maximum Gasteiger partial charge on any atom is 0.265 e. The van der Waals surface area contributed by atoms with Gasteiger partial charge in [-0.05, 0) is 55.5 Å². The zero-order valence-corrected chi connectivity index (χ0v) is 16.2. The number of ether oxygens (including phenoxy) is 1. The number of hydrogen-bond acceptors (Lipinski definition) is 4. The second-order valence-corrected chi connectivity index (χ2v) is 7.77. The highest BCUT2D eigenvalue weighted by Gasteiger charge is 2.25. The van der Waals surface area contributed by atoms with Crippen LogP contribution in [0, 0.1) is 0 Å². The third-order valence-electron chi connectivity index (χ3n) is 5.81. The molecule has 6 heteroatoms. The summed E-state index contributed by atoms with van der Waals surface area (Å²) in [6.45, 7) is 0.714. The molecule has 3 aromatic rings. The van der Waals surface area contributed by atoms with E-state index in [9.17, 15) is 9.59 Å². The number of carbonyl (C=O) groups excluding carboxylic acids is 1. The van der Waals surface area contributed by atoms with Gasteiger partial charge in [0.1, 0.15) is 11.6 Å². The summed E-state index contributed by atoms with van der Waals surface area (Å²) in [4.78, 5) is 30.4. The molecule has 3 heterocycles. The second kappa shape index (κ2) is 7.35. The van der Waals surface area contributed by atoms with Crippen LogP contribution >= 0.6 is 0 Å². The number of anilines is 1. The van der Waals surface area contributed by atoms with Crippen LogP contribution in [-0.4, -0.2) is 21.6 Å². The molecule has 0 spiro atoms. The lowest BCUT2D eigenvalue weighted by Crippen LogP contribution is -2.32. The molecular weight excluding hydrogens is 366 g/mol. The van der Waals surface area contributed by atoms with Crippen LogP contribution in [0.4, 0.5) is 5.69 Å². The Morgan fingerprint density at radius 2 is 1.93 bits per heavy atom. The zero-order chi connectivity index (χ0) is 19.8. The Balaban J connectivity index is 1.44. The van der Waals surface area contributed by atoms with Crippen molar-refractivity contribution in [1.82, 2.24) is 9.55 Å². The molecule has 0 radical (unpaired) electrons. The molecule has 0 bridgehead atoms. The Bertz CT molecular complexity index is 1150. The number of carbonyl (C=O) groups is 1. The summed E-state index contributed by atoms with van der Waals surface area (Å²) in [7, 11) is 0. The molecule has 29 heavy (non-hydrogen) atoms. The second-order valence-electron chi connectivity index (χ2n) is 7.77. The fraction of sp³-hybridized carbons (Fsp3) is 0.348. The number of aryl methyl sites for hydroxylation is 2. The highest BCUT2D eigenvalue weighted by atomic mass is 16.5. The van der Waals surface area contributed by atoms with E-state index in [4.69, 9.17) is 9.72 Å². The molecule has 0 aliphatic carbocycles. The fourth-order valence-corrected chi connectivity index (χ4v) is 4.24. The van der Waals surface area contributed by atoms with Crippen molar-refractivity contribution in [3.05, 3.63) is 64.2 Å². The van der Waals surface area contributed by atoms with Gasteiger partial charge in [-0.3, -0.25) is 14.2 Å². The molecule has 1 aromatic heterocycles. The summed E-state index contributed by atoms with van der Waals surface area (Å²) in [6.07, 6.45) is 4.76. The minimum atomic E-state index is -0.601. The molecule has 1 atom stereocenters. The van der Waals surface area contributed by atoms with E-state index in [1.807, 2.05) is 30.3 Å². The van der Waals surface area contributed by atoms with Gasteiger partial charge in [-0.25, -0.2) is 4.98 Å². The average molecular weight is 389 g/mol. The predicted molar refractivity (Wildman–Crippen MR) is 111 cm³/mol. The predicted octanol–water partition coefficient (Wildman–Crippen LogP) is 3.46. The van der Waals surface area contributed by atoms with Crippen molar-refractivity contribution in [2.24, 2.45) is 0 Å². The smallest absolute Gasteiger partial charge is 0.265 e. The van der Waals surface area contributed by atoms with E-state index in [1.54, 1.807) is 16.7 Å². The van der Waals surface area contributed by atoms with Crippen LogP contribution < -0.4 is 15.6 Å². The normalized spacial score (nSPS) is 18.9. The standard InChI is InChI=1S/C23H23N3O3/c27-22-20(12-9-15-6-3-4-7-18(15)25-22)29-16-10-11-19-17(14-16)23(28)26-13-5-1-2-8-21(26)24-19/h3-4,6-7,10-11,14,20H,1-2,5,8-9,12-13H2,(H,25,27)/t20-/m0/s1. The number of fused-ring (bicyclic) bond motifs is 3. The quantitative estimate of drug-likeness (QED) is 0.729. The Morgan fingerprint density at radius 3 is 2.86 bits per heavy atom. The molecule has 2 aliphatic heterocycles. The first kappa shape index (κ1) is 17.9. The molecule has 2 aromatic carbocycles. The first-order chi connectivity index (χ1) is 14.2. The maximum absolute atomic E-state index is 13.0. The van der Waals surface area contributed by atoms with Crippen LogP contribution in [0.15, 0.2) is 47.3 Å². The monoisotopic (exact) mass is 389 g/mol. The molecule has 0 saturated carbocycles. The van der Waals surface area contributed by atoms with Crippen molar-refractivity contribution in [1.29, 1.82) is 0 Å². The molecule has 1 amide bonds. The van der Waals surface area contributed by atoms with Crippen molar-refractivity contribution < 1.29 is 9.53 Å². The Morgan fingerprint density at radius 1 is 1.03 bits per heavy atom. The molecule has 0 saturated heterocycles. The van der Waals surface area contributed by atoms with Gasteiger partial charge in [-0.1, -0.05) is 24.6 Å². The number of benzene rings is 2. The molecule has 148 valence electrons. The van der Waals surface area contributed by atoms with Crippen LogP contribution in [0.5, 0.6) is 5.75 Å². The fourth-order valence-electron chi connectivity index (χ4n) is 4.24. The number of hydrogen-bond donors (Lipinski definition) is 1. The average Bonchev–Trinajstić information content (AvgIpc) is 3.06. The van der Waals surface area contributed by atoms with E-state index in [0.29, 0.717) is 29.6 Å². The Hall–Kier alpha value is -3.15. The lowest BCUT2D eigenvalue weighted by atomic mass is 10.1. The number of aromatic nitrogens is 2. The van der Waals surface area contributed by atoms with Crippen LogP contribution in [0.2, 0.25) is 0 Å². The molecule has 1 N–H and O–H groups in total. The minimum Gasteiger partial charge on any atom is -0.481 e. The minimum absolute atomic E-state index is 0.0185. The van der Waals surface area contributed by atoms with E-state index in [-0.39, 0.29) is 11.5 Å². The van der Waals surface area contributed by atoms with Gasteiger partial charge in [-0.15, -0.1) is 0 Å². The first-order valence-corrected chi connectivity index (χ1v) is 10.3.